The van der Waals surface area contributed by atoms with Gasteiger partial charge in [0.2, 0.25) is 0 Å². The number of rotatable bonds is 8. The van der Waals surface area contributed by atoms with Crippen molar-refractivity contribution >= 4 is 0 Å². The standard InChI is InChI=1S/C14H28N2O2/c17-7-1-3-12-9-13(15-6-2-8-18)11-16(10-12)14-4-5-14/h12-15,17-18H,1-11H2. The molecule has 0 amide bonds. The number of aliphatic hydroxyl groups excluding tert-OH is 2. The maximum absolute atomic E-state index is 8.97. The van der Waals surface area contributed by atoms with Crippen LogP contribution in [0, 0.1) is 5.92 Å². The molecule has 106 valence electrons. The molecule has 1 saturated heterocycles. The maximum Gasteiger partial charge on any atom is 0.0443 e. The van der Waals surface area contributed by atoms with E-state index in [-0.39, 0.29) is 6.61 Å². The molecular weight excluding hydrogens is 228 g/mol. The SMILES string of the molecule is OCCCNC1CC(CCCO)CN(C2CC2)C1. The molecule has 18 heavy (non-hydrogen) atoms. The lowest BCUT2D eigenvalue weighted by Crippen LogP contribution is -2.50. The maximum atomic E-state index is 8.97. The summed E-state index contributed by atoms with van der Waals surface area (Å²) in [4.78, 5) is 2.64. The predicted molar refractivity (Wildman–Crippen MR) is 72.5 cm³/mol. The van der Waals surface area contributed by atoms with E-state index in [1.165, 1.54) is 32.4 Å². The van der Waals surface area contributed by atoms with E-state index in [0.717, 1.165) is 37.8 Å². The van der Waals surface area contributed by atoms with Gasteiger partial charge in [-0.3, -0.25) is 4.90 Å². The van der Waals surface area contributed by atoms with E-state index in [2.05, 4.69) is 10.2 Å². The molecule has 0 radical (unpaired) electrons. The van der Waals surface area contributed by atoms with E-state index in [0.29, 0.717) is 12.6 Å². The van der Waals surface area contributed by atoms with Crippen LogP contribution in [0.25, 0.3) is 0 Å². The number of hydrogen-bond acceptors (Lipinski definition) is 4. The molecule has 2 unspecified atom stereocenters. The fourth-order valence-electron chi connectivity index (χ4n) is 3.10. The third-order valence-corrected chi connectivity index (χ3v) is 4.17. The van der Waals surface area contributed by atoms with Crippen LogP contribution in [0.4, 0.5) is 0 Å². The zero-order chi connectivity index (χ0) is 12.8. The van der Waals surface area contributed by atoms with Gasteiger partial charge >= 0.3 is 0 Å². The largest absolute Gasteiger partial charge is 0.396 e. The van der Waals surface area contributed by atoms with Crippen molar-refractivity contribution in [3.8, 4) is 0 Å². The van der Waals surface area contributed by atoms with E-state index >= 15 is 0 Å². The van der Waals surface area contributed by atoms with Gasteiger partial charge in [0.25, 0.3) is 0 Å². The Morgan fingerprint density at radius 3 is 2.50 bits per heavy atom. The number of nitrogens with zero attached hydrogens (tertiary/aromatic N) is 1. The van der Waals surface area contributed by atoms with Crippen LogP contribution < -0.4 is 5.32 Å². The highest BCUT2D eigenvalue weighted by molar-refractivity contribution is 4.92. The van der Waals surface area contributed by atoms with Crippen molar-refractivity contribution < 1.29 is 10.2 Å². The summed E-state index contributed by atoms with van der Waals surface area (Å²) in [5.41, 5.74) is 0. The van der Waals surface area contributed by atoms with E-state index in [4.69, 9.17) is 10.2 Å². The summed E-state index contributed by atoms with van der Waals surface area (Å²) in [6, 6.07) is 1.42. The second kappa shape index (κ2) is 7.43. The van der Waals surface area contributed by atoms with Crippen LogP contribution in [0.15, 0.2) is 0 Å². The summed E-state index contributed by atoms with van der Waals surface area (Å²) < 4.78 is 0. The fourth-order valence-corrected chi connectivity index (χ4v) is 3.10. The van der Waals surface area contributed by atoms with E-state index in [1.54, 1.807) is 0 Å². The Balaban J connectivity index is 1.77. The lowest BCUT2D eigenvalue weighted by Gasteiger charge is -2.38. The first-order chi connectivity index (χ1) is 8.83. The molecular formula is C14H28N2O2. The van der Waals surface area contributed by atoms with Gasteiger partial charge in [-0.1, -0.05) is 0 Å². The summed E-state index contributed by atoms with van der Waals surface area (Å²) in [6.45, 7) is 3.92. The average molecular weight is 256 g/mol. The van der Waals surface area contributed by atoms with Gasteiger partial charge in [0.1, 0.15) is 0 Å². The van der Waals surface area contributed by atoms with Crippen molar-refractivity contribution in [1.82, 2.24) is 10.2 Å². The highest BCUT2D eigenvalue weighted by atomic mass is 16.3. The Labute approximate surface area is 110 Å². The van der Waals surface area contributed by atoms with Gasteiger partial charge in [-0.2, -0.15) is 0 Å². The van der Waals surface area contributed by atoms with Crippen molar-refractivity contribution in [2.75, 3.05) is 32.8 Å². The monoisotopic (exact) mass is 256 g/mol. The van der Waals surface area contributed by atoms with Gasteiger partial charge in [0, 0.05) is 38.4 Å². The molecule has 4 nitrogen and oxygen atoms in total. The van der Waals surface area contributed by atoms with Gasteiger partial charge in [-0.25, -0.2) is 0 Å². The number of hydrogen-bond donors (Lipinski definition) is 3. The molecule has 1 aliphatic heterocycles. The van der Waals surface area contributed by atoms with Gasteiger partial charge in [-0.05, 0) is 51.0 Å². The molecule has 0 spiro atoms. The van der Waals surface area contributed by atoms with Crippen LogP contribution in [0.2, 0.25) is 0 Å². The summed E-state index contributed by atoms with van der Waals surface area (Å²) >= 11 is 0. The Bertz CT molecular complexity index is 234. The second-order valence-corrected chi connectivity index (χ2v) is 5.88. The minimum atomic E-state index is 0.278. The molecule has 2 atom stereocenters. The van der Waals surface area contributed by atoms with Gasteiger partial charge in [0.05, 0.1) is 0 Å². The van der Waals surface area contributed by atoms with Crippen LogP contribution in [-0.2, 0) is 0 Å². The molecule has 0 aromatic carbocycles. The Kier molecular flexibility index (Phi) is 5.89. The molecule has 1 aliphatic carbocycles. The Morgan fingerprint density at radius 1 is 1.06 bits per heavy atom. The Morgan fingerprint density at radius 2 is 1.83 bits per heavy atom. The fraction of sp³-hybridized carbons (Fsp3) is 1.00. The van der Waals surface area contributed by atoms with Crippen LogP contribution in [0.3, 0.4) is 0 Å². The van der Waals surface area contributed by atoms with Gasteiger partial charge in [0.15, 0.2) is 0 Å². The molecule has 3 N–H and O–H groups in total. The van der Waals surface area contributed by atoms with Crippen molar-refractivity contribution in [2.45, 2.75) is 50.6 Å². The number of aliphatic hydroxyl groups is 2. The molecule has 0 bridgehead atoms. The van der Waals surface area contributed by atoms with Crippen molar-refractivity contribution in [1.29, 1.82) is 0 Å². The van der Waals surface area contributed by atoms with Crippen LogP contribution in [0.1, 0.15) is 38.5 Å². The Hall–Kier alpha value is -0.160. The molecule has 2 fully saturated rings. The van der Waals surface area contributed by atoms with Crippen LogP contribution >= 0.6 is 0 Å². The van der Waals surface area contributed by atoms with E-state index in [1.807, 2.05) is 0 Å². The summed E-state index contributed by atoms with van der Waals surface area (Å²) in [6.07, 6.45) is 6.91. The van der Waals surface area contributed by atoms with E-state index in [9.17, 15) is 0 Å². The van der Waals surface area contributed by atoms with Crippen molar-refractivity contribution in [3.63, 3.8) is 0 Å². The summed E-state index contributed by atoms with van der Waals surface area (Å²) in [5.74, 6) is 0.734. The second-order valence-electron chi connectivity index (χ2n) is 5.88. The van der Waals surface area contributed by atoms with Crippen molar-refractivity contribution in [2.24, 2.45) is 5.92 Å². The first-order valence-corrected chi connectivity index (χ1v) is 7.52. The zero-order valence-corrected chi connectivity index (χ0v) is 11.4. The third kappa shape index (κ3) is 4.50. The summed E-state index contributed by atoms with van der Waals surface area (Å²) in [7, 11) is 0. The number of nitrogens with one attached hydrogen (secondary N) is 1. The number of piperidine rings is 1. The highest BCUT2D eigenvalue weighted by Gasteiger charge is 2.35. The van der Waals surface area contributed by atoms with Crippen LogP contribution in [0.5, 0.6) is 0 Å². The topological polar surface area (TPSA) is 55.7 Å². The van der Waals surface area contributed by atoms with Gasteiger partial charge in [-0.15, -0.1) is 0 Å². The molecule has 0 aromatic heterocycles. The lowest BCUT2D eigenvalue weighted by molar-refractivity contribution is 0.122. The normalized spacial score (nSPS) is 29.7. The summed E-state index contributed by atoms with van der Waals surface area (Å²) in [5, 5.41) is 21.4. The zero-order valence-electron chi connectivity index (χ0n) is 11.4. The smallest absolute Gasteiger partial charge is 0.0443 e. The molecule has 2 aliphatic rings. The highest BCUT2D eigenvalue weighted by Crippen LogP contribution is 2.32. The average Bonchev–Trinajstić information content (AvgIpc) is 3.21. The quantitative estimate of drug-likeness (QED) is 0.556. The first-order valence-electron chi connectivity index (χ1n) is 7.52. The molecule has 4 heteroatoms. The van der Waals surface area contributed by atoms with Gasteiger partial charge < -0.3 is 15.5 Å². The molecule has 1 heterocycles. The minimum Gasteiger partial charge on any atom is -0.396 e. The third-order valence-electron chi connectivity index (χ3n) is 4.17. The molecule has 0 aromatic rings. The predicted octanol–water partition coefficient (Wildman–Crippen LogP) is 0.584. The van der Waals surface area contributed by atoms with Crippen molar-refractivity contribution in [3.05, 3.63) is 0 Å². The minimum absolute atomic E-state index is 0.278. The molecule has 1 saturated carbocycles. The molecule has 2 rings (SSSR count). The first kappa shape index (κ1) is 14.3. The lowest BCUT2D eigenvalue weighted by atomic mass is 9.90. The van der Waals surface area contributed by atoms with E-state index < -0.39 is 0 Å². The van der Waals surface area contributed by atoms with Crippen LogP contribution in [-0.4, -0.2) is 60.0 Å². The number of likely N-dealkylation sites (tertiary alicyclic amines) is 1.